The van der Waals surface area contributed by atoms with E-state index in [1.54, 1.807) is 18.7 Å². The summed E-state index contributed by atoms with van der Waals surface area (Å²) in [4.78, 5) is 11.4. The van der Waals surface area contributed by atoms with Crippen LogP contribution < -0.4 is 10.6 Å². The van der Waals surface area contributed by atoms with Gasteiger partial charge in [0.2, 0.25) is 5.91 Å². The van der Waals surface area contributed by atoms with Gasteiger partial charge >= 0.3 is 0 Å². The number of thioether (sulfide) groups is 1. The maximum atomic E-state index is 11.4. The first-order chi connectivity index (χ1) is 7.53. The van der Waals surface area contributed by atoms with Gasteiger partial charge in [-0.1, -0.05) is 0 Å². The van der Waals surface area contributed by atoms with Gasteiger partial charge in [0.05, 0.1) is 12.1 Å². The summed E-state index contributed by atoms with van der Waals surface area (Å²) in [5.41, 5.74) is -0.740. The third-order valence-electron chi connectivity index (χ3n) is 2.53. The second-order valence-electron chi connectivity index (χ2n) is 4.78. The molecule has 1 saturated carbocycles. The monoisotopic (exact) mass is 246 g/mol. The Balaban J connectivity index is 2.02. The topological polar surface area (TPSA) is 61.4 Å². The van der Waals surface area contributed by atoms with Crippen molar-refractivity contribution in [3.8, 4) is 0 Å². The van der Waals surface area contributed by atoms with Crippen LogP contribution in [0.5, 0.6) is 0 Å². The van der Waals surface area contributed by atoms with Gasteiger partial charge in [-0.25, -0.2) is 0 Å². The normalized spacial score (nSPS) is 19.2. The smallest absolute Gasteiger partial charge is 0.233 e. The molecule has 0 aromatic carbocycles. The Morgan fingerprint density at radius 2 is 2.25 bits per heavy atom. The highest BCUT2D eigenvalue weighted by atomic mass is 32.2. The molecule has 1 aliphatic carbocycles. The maximum Gasteiger partial charge on any atom is 0.233 e. The molecule has 0 radical (unpaired) electrons. The Kier molecular flexibility index (Phi) is 5.58. The summed E-state index contributed by atoms with van der Waals surface area (Å²) in [5, 5.41) is 15.7. The zero-order chi connectivity index (χ0) is 12.0. The molecule has 1 aliphatic rings. The van der Waals surface area contributed by atoms with Crippen LogP contribution in [0.4, 0.5) is 0 Å². The molecule has 1 amide bonds. The van der Waals surface area contributed by atoms with Crippen LogP contribution in [0.1, 0.15) is 19.8 Å². The van der Waals surface area contributed by atoms with Crippen LogP contribution >= 0.6 is 11.8 Å². The van der Waals surface area contributed by atoms with Crippen molar-refractivity contribution in [3.63, 3.8) is 0 Å². The first kappa shape index (κ1) is 13.8. The molecule has 0 aromatic rings. The van der Waals surface area contributed by atoms with Crippen LogP contribution in [0, 0.1) is 5.92 Å². The standard InChI is InChI=1S/C11H22N2O2S/c1-11(15,8-16-2)7-12-6-10(14)13-5-9-3-4-9/h9,12,15H,3-8H2,1-2H3,(H,13,14). The van der Waals surface area contributed by atoms with Gasteiger partial charge in [0.1, 0.15) is 0 Å². The predicted octanol–water partition coefficient (Wildman–Crippen LogP) is 0.216. The Morgan fingerprint density at radius 3 is 2.81 bits per heavy atom. The third kappa shape index (κ3) is 6.35. The molecular formula is C11H22N2O2S. The number of aliphatic hydroxyl groups is 1. The van der Waals surface area contributed by atoms with Gasteiger partial charge in [-0.05, 0) is 31.9 Å². The minimum Gasteiger partial charge on any atom is -0.388 e. The molecule has 3 N–H and O–H groups in total. The molecule has 0 saturated heterocycles. The Morgan fingerprint density at radius 1 is 1.56 bits per heavy atom. The van der Waals surface area contributed by atoms with E-state index in [2.05, 4.69) is 10.6 Å². The van der Waals surface area contributed by atoms with E-state index in [4.69, 9.17) is 0 Å². The van der Waals surface area contributed by atoms with Crippen molar-refractivity contribution in [2.45, 2.75) is 25.4 Å². The number of rotatable bonds is 8. The average molecular weight is 246 g/mol. The van der Waals surface area contributed by atoms with Crippen LogP contribution in [-0.2, 0) is 4.79 Å². The summed E-state index contributed by atoms with van der Waals surface area (Å²) in [5.74, 6) is 1.40. The zero-order valence-corrected chi connectivity index (χ0v) is 10.9. The van der Waals surface area contributed by atoms with E-state index in [-0.39, 0.29) is 12.5 Å². The molecule has 16 heavy (non-hydrogen) atoms. The van der Waals surface area contributed by atoms with Gasteiger partial charge in [-0.2, -0.15) is 11.8 Å². The van der Waals surface area contributed by atoms with Crippen LogP contribution in [0.3, 0.4) is 0 Å². The van der Waals surface area contributed by atoms with Gasteiger partial charge in [0.15, 0.2) is 0 Å². The summed E-state index contributed by atoms with van der Waals surface area (Å²) in [6, 6.07) is 0. The van der Waals surface area contributed by atoms with E-state index < -0.39 is 5.60 Å². The number of carbonyl (C=O) groups is 1. The largest absolute Gasteiger partial charge is 0.388 e. The lowest BCUT2D eigenvalue weighted by Crippen LogP contribution is -2.44. The highest BCUT2D eigenvalue weighted by Gasteiger charge is 2.22. The SMILES string of the molecule is CSCC(C)(O)CNCC(=O)NCC1CC1. The predicted molar refractivity (Wildman–Crippen MR) is 67.6 cm³/mol. The molecule has 0 heterocycles. The van der Waals surface area contributed by atoms with Crippen molar-refractivity contribution in [2.24, 2.45) is 5.92 Å². The first-order valence-corrected chi connectivity index (χ1v) is 7.11. The van der Waals surface area contributed by atoms with Gasteiger partial charge in [0.25, 0.3) is 0 Å². The number of nitrogens with one attached hydrogen (secondary N) is 2. The summed E-state index contributed by atoms with van der Waals surface area (Å²) < 4.78 is 0. The van der Waals surface area contributed by atoms with Crippen molar-refractivity contribution < 1.29 is 9.90 Å². The Bertz CT molecular complexity index is 230. The number of amides is 1. The number of hydrogen-bond donors (Lipinski definition) is 3. The van der Waals surface area contributed by atoms with E-state index in [0.29, 0.717) is 18.2 Å². The quantitative estimate of drug-likeness (QED) is 0.573. The summed E-state index contributed by atoms with van der Waals surface area (Å²) in [6.07, 6.45) is 4.45. The van der Waals surface area contributed by atoms with Crippen LogP contribution in [-0.4, -0.2) is 48.3 Å². The van der Waals surface area contributed by atoms with Crippen molar-refractivity contribution in [1.82, 2.24) is 10.6 Å². The average Bonchev–Trinajstić information content (AvgIpc) is 2.97. The van der Waals surface area contributed by atoms with Crippen LogP contribution in [0.25, 0.3) is 0 Å². The molecule has 1 atom stereocenters. The lowest BCUT2D eigenvalue weighted by atomic mass is 10.1. The summed E-state index contributed by atoms with van der Waals surface area (Å²) >= 11 is 1.60. The third-order valence-corrected chi connectivity index (χ3v) is 3.44. The van der Waals surface area contributed by atoms with Gasteiger partial charge in [-0.15, -0.1) is 0 Å². The first-order valence-electron chi connectivity index (χ1n) is 5.72. The Hall–Kier alpha value is -0.260. The highest BCUT2D eigenvalue weighted by Crippen LogP contribution is 2.27. The molecule has 4 nitrogen and oxygen atoms in total. The fourth-order valence-electron chi connectivity index (χ4n) is 1.45. The second-order valence-corrected chi connectivity index (χ2v) is 5.65. The molecular weight excluding hydrogens is 224 g/mol. The van der Waals surface area contributed by atoms with Crippen LogP contribution in [0.2, 0.25) is 0 Å². The van der Waals surface area contributed by atoms with Crippen molar-refractivity contribution in [2.75, 3.05) is 31.6 Å². The van der Waals surface area contributed by atoms with Crippen LogP contribution in [0.15, 0.2) is 0 Å². The lowest BCUT2D eigenvalue weighted by molar-refractivity contribution is -0.120. The van der Waals surface area contributed by atoms with E-state index >= 15 is 0 Å². The fraction of sp³-hybridized carbons (Fsp3) is 0.909. The molecule has 1 rings (SSSR count). The van der Waals surface area contributed by atoms with E-state index in [1.165, 1.54) is 12.8 Å². The summed E-state index contributed by atoms with van der Waals surface area (Å²) in [7, 11) is 0. The van der Waals surface area contributed by atoms with Crippen molar-refractivity contribution >= 4 is 17.7 Å². The van der Waals surface area contributed by atoms with Gasteiger partial charge in [-0.3, -0.25) is 4.79 Å². The highest BCUT2D eigenvalue weighted by molar-refractivity contribution is 7.98. The molecule has 0 aliphatic heterocycles. The van der Waals surface area contributed by atoms with E-state index in [1.807, 2.05) is 6.26 Å². The number of hydrogen-bond acceptors (Lipinski definition) is 4. The molecule has 0 aromatic heterocycles. The maximum absolute atomic E-state index is 11.4. The zero-order valence-electron chi connectivity index (χ0n) is 10.1. The number of carbonyl (C=O) groups excluding carboxylic acids is 1. The molecule has 1 unspecified atom stereocenters. The van der Waals surface area contributed by atoms with Gasteiger partial charge < -0.3 is 15.7 Å². The van der Waals surface area contributed by atoms with E-state index in [0.717, 1.165) is 6.54 Å². The second kappa shape index (κ2) is 6.47. The molecule has 1 fully saturated rings. The molecule has 0 bridgehead atoms. The molecule has 94 valence electrons. The summed E-state index contributed by atoms with van der Waals surface area (Å²) in [6.45, 7) is 3.32. The Labute approximate surface area is 102 Å². The molecule has 0 spiro atoms. The van der Waals surface area contributed by atoms with E-state index in [9.17, 15) is 9.90 Å². The van der Waals surface area contributed by atoms with Crippen molar-refractivity contribution in [1.29, 1.82) is 0 Å². The minimum absolute atomic E-state index is 0.0202. The van der Waals surface area contributed by atoms with Crippen molar-refractivity contribution in [3.05, 3.63) is 0 Å². The fourth-order valence-corrected chi connectivity index (χ4v) is 2.17. The minimum atomic E-state index is -0.740. The lowest BCUT2D eigenvalue weighted by Gasteiger charge is -2.22. The molecule has 5 heteroatoms. The van der Waals surface area contributed by atoms with Gasteiger partial charge in [0, 0.05) is 18.8 Å².